The molecular formula is C20H19ClN2O5. The van der Waals surface area contributed by atoms with Gasteiger partial charge in [-0.25, -0.2) is 4.79 Å². The van der Waals surface area contributed by atoms with Crippen LogP contribution in [0.2, 0.25) is 5.02 Å². The Bertz CT molecular complexity index is 851. The number of rotatable bonds is 5. The molecule has 0 unspecified atom stereocenters. The second-order valence-corrected chi connectivity index (χ2v) is 7.82. The molecule has 0 aromatic heterocycles. The number of halogens is 1. The zero-order chi connectivity index (χ0) is 20.0. The summed E-state index contributed by atoms with van der Waals surface area (Å²) in [6.45, 7) is 0.938. The summed E-state index contributed by atoms with van der Waals surface area (Å²) >= 11 is 5.78. The second kappa shape index (κ2) is 7.05. The van der Waals surface area contributed by atoms with E-state index in [0.717, 1.165) is 11.3 Å². The molecule has 2 bridgehead atoms. The fourth-order valence-corrected chi connectivity index (χ4v) is 4.53. The number of anilines is 1. The van der Waals surface area contributed by atoms with Gasteiger partial charge in [0.05, 0.1) is 11.8 Å². The first-order valence-corrected chi connectivity index (χ1v) is 9.52. The van der Waals surface area contributed by atoms with E-state index in [1.807, 2.05) is 12.2 Å². The van der Waals surface area contributed by atoms with Crippen LogP contribution in [0.15, 0.2) is 36.4 Å². The van der Waals surface area contributed by atoms with Gasteiger partial charge in [-0.1, -0.05) is 23.8 Å². The van der Waals surface area contributed by atoms with Gasteiger partial charge in [0.1, 0.15) is 6.04 Å². The number of nitrogens with one attached hydrogen (secondary N) is 1. The van der Waals surface area contributed by atoms with Crippen molar-refractivity contribution in [3.63, 3.8) is 0 Å². The van der Waals surface area contributed by atoms with Crippen molar-refractivity contribution in [2.45, 2.75) is 19.4 Å². The topological polar surface area (TPSA) is 92.8 Å². The third-order valence-corrected chi connectivity index (χ3v) is 5.96. The first-order chi connectivity index (χ1) is 13.4. The number of carbonyl (C=O) groups excluding carboxylic acids is 4. The monoisotopic (exact) mass is 402 g/mol. The molecule has 28 heavy (non-hydrogen) atoms. The summed E-state index contributed by atoms with van der Waals surface area (Å²) in [7, 11) is 0. The fourth-order valence-electron chi connectivity index (χ4n) is 4.40. The van der Waals surface area contributed by atoms with Gasteiger partial charge in [0, 0.05) is 10.7 Å². The van der Waals surface area contributed by atoms with Gasteiger partial charge >= 0.3 is 5.97 Å². The predicted molar refractivity (Wildman–Crippen MR) is 100 cm³/mol. The van der Waals surface area contributed by atoms with Crippen LogP contribution in [0.25, 0.3) is 0 Å². The summed E-state index contributed by atoms with van der Waals surface area (Å²) in [5.41, 5.74) is 0.513. The highest BCUT2D eigenvalue weighted by Crippen LogP contribution is 2.52. The van der Waals surface area contributed by atoms with E-state index in [-0.39, 0.29) is 35.5 Å². The summed E-state index contributed by atoms with van der Waals surface area (Å²) < 4.78 is 5.02. The molecule has 146 valence electrons. The molecule has 2 aliphatic carbocycles. The number of esters is 1. The van der Waals surface area contributed by atoms with Crippen LogP contribution in [0, 0.1) is 23.7 Å². The molecular weight excluding hydrogens is 384 g/mol. The Morgan fingerprint density at radius 3 is 2.29 bits per heavy atom. The standard InChI is InChI=1S/C20H19ClN2O5/c1-10(20(27)28-9-15(24)22-14-6-4-13(21)5-7-14)23-18(25)16-11-2-3-12(8-11)17(16)19(23)26/h2-7,10-12,16-17H,8-9H2,1H3,(H,22,24)/t10-,11+,12+,16-,17-/m1/s1. The molecule has 1 N–H and O–H groups in total. The van der Waals surface area contributed by atoms with Gasteiger partial charge in [-0.2, -0.15) is 0 Å². The molecule has 4 rings (SSSR count). The lowest BCUT2D eigenvalue weighted by Gasteiger charge is -2.23. The van der Waals surface area contributed by atoms with Crippen molar-refractivity contribution < 1.29 is 23.9 Å². The SMILES string of the molecule is C[C@H](C(=O)OCC(=O)Nc1ccc(Cl)cc1)N1C(=O)[C@H]2[C@H](C1=O)[C@H]1C=C[C@H]2C1. The Kier molecular flexibility index (Phi) is 4.71. The number of nitrogens with zero attached hydrogens (tertiary/aromatic N) is 1. The maximum Gasteiger partial charge on any atom is 0.329 e. The molecule has 0 radical (unpaired) electrons. The molecule has 1 aliphatic heterocycles. The van der Waals surface area contributed by atoms with Crippen LogP contribution < -0.4 is 5.32 Å². The van der Waals surface area contributed by atoms with Gasteiger partial charge in [0.25, 0.3) is 5.91 Å². The third kappa shape index (κ3) is 3.09. The average Bonchev–Trinajstić information content (AvgIpc) is 3.35. The molecule has 2 fully saturated rings. The number of allylic oxidation sites excluding steroid dienone is 2. The van der Waals surface area contributed by atoms with Gasteiger partial charge in [-0.05, 0) is 49.4 Å². The number of benzene rings is 1. The molecule has 1 aromatic rings. The molecule has 0 spiro atoms. The number of hydrogen-bond acceptors (Lipinski definition) is 5. The van der Waals surface area contributed by atoms with E-state index in [1.165, 1.54) is 6.92 Å². The first kappa shape index (κ1) is 18.7. The molecule has 5 atom stereocenters. The summed E-state index contributed by atoms with van der Waals surface area (Å²) in [6, 6.07) is 5.41. The van der Waals surface area contributed by atoms with E-state index >= 15 is 0 Å². The second-order valence-electron chi connectivity index (χ2n) is 7.39. The van der Waals surface area contributed by atoms with E-state index in [2.05, 4.69) is 5.32 Å². The Morgan fingerprint density at radius 1 is 1.14 bits per heavy atom. The lowest BCUT2D eigenvalue weighted by atomic mass is 9.85. The van der Waals surface area contributed by atoms with Crippen molar-refractivity contribution in [1.29, 1.82) is 0 Å². The van der Waals surface area contributed by atoms with Crippen molar-refractivity contribution in [3.05, 3.63) is 41.4 Å². The van der Waals surface area contributed by atoms with Gasteiger partial charge in [0.2, 0.25) is 11.8 Å². The van der Waals surface area contributed by atoms with Crippen molar-refractivity contribution >= 4 is 41.0 Å². The fraction of sp³-hybridized carbons (Fsp3) is 0.400. The normalized spacial score (nSPS) is 28.4. The summed E-state index contributed by atoms with van der Waals surface area (Å²) in [4.78, 5) is 50.7. The molecule has 1 aromatic carbocycles. The lowest BCUT2D eigenvalue weighted by Crippen LogP contribution is -2.45. The smallest absolute Gasteiger partial charge is 0.329 e. The number of likely N-dealkylation sites (tertiary alicyclic amines) is 1. The van der Waals surface area contributed by atoms with Crippen molar-refractivity contribution in [3.8, 4) is 0 Å². The number of carbonyl (C=O) groups is 4. The van der Waals surface area contributed by atoms with Crippen LogP contribution >= 0.6 is 11.6 Å². The Hall–Kier alpha value is -2.67. The van der Waals surface area contributed by atoms with E-state index in [9.17, 15) is 19.2 Å². The summed E-state index contributed by atoms with van der Waals surface area (Å²) in [5.74, 6) is -2.54. The largest absolute Gasteiger partial charge is 0.454 e. The quantitative estimate of drug-likeness (QED) is 0.462. The molecule has 1 saturated heterocycles. The zero-order valence-corrected chi connectivity index (χ0v) is 15.9. The maximum atomic E-state index is 12.7. The highest BCUT2D eigenvalue weighted by atomic mass is 35.5. The number of fused-ring (bicyclic) bond motifs is 5. The number of amides is 3. The van der Waals surface area contributed by atoms with Crippen LogP contribution in [0.5, 0.6) is 0 Å². The highest BCUT2D eigenvalue weighted by molar-refractivity contribution is 6.30. The van der Waals surface area contributed by atoms with Gasteiger partial charge in [-0.15, -0.1) is 0 Å². The van der Waals surface area contributed by atoms with Crippen LogP contribution in [0.4, 0.5) is 5.69 Å². The number of ether oxygens (including phenoxy) is 1. The summed E-state index contributed by atoms with van der Waals surface area (Å²) in [5, 5.41) is 3.11. The Balaban J connectivity index is 1.34. The van der Waals surface area contributed by atoms with Crippen molar-refractivity contribution in [1.82, 2.24) is 4.90 Å². The minimum atomic E-state index is -1.06. The van der Waals surface area contributed by atoms with E-state index in [4.69, 9.17) is 16.3 Å². The highest BCUT2D eigenvalue weighted by Gasteiger charge is 2.60. The van der Waals surface area contributed by atoms with Crippen LogP contribution in [0.1, 0.15) is 13.3 Å². The van der Waals surface area contributed by atoms with Crippen LogP contribution in [0.3, 0.4) is 0 Å². The van der Waals surface area contributed by atoms with E-state index < -0.39 is 24.5 Å². The minimum Gasteiger partial charge on any atom is -0.454 e. The zero-order valence-electron chi connectivity index (χ0n) is 15.1. The van der Waals surface area contributed by atoms with E-state index in [1.54, 1.807) is 24.3 Å². The first-order valence-electron chi connectivity index (χ1n) is 9.14. The van der Waals surface area contributed by atoms with Crippen molar-refractivity contribution in [2.75, 3.05) is 11.9 Å². The molecule has 1 saturated carbocycles. The van der Waals surface area contributed by atoms with Gasteiger partial charge in [-0.3, -0.25) is 19.3 Å². The summed E-state index contributed by atoms with van der Waals surface area (Å²) in [6.07, 6.45) is 4.81. The number of imide groups is 1. The number of hydrogen-bond donors (Lipinski definition) is 1. The molecule has 3 aliphatic rings. The van der Waals surface area contributed by atoms with Gasteiger partial charge < -0.3 is 10.1 Å². The average molecular weight is 403 g/mol. The molecule has 3 amide bonds. The predicted octanol–water partition coefficient (Wildman–Crippen LogP) is 2.02. The minimum absolute atomic E-state index is 0.0739. The Labute approximate surface area is 166 Å². The Morgan fingerprint density at radius 2 is 1.71 bits per heavy atom. The maximum absolute atomic E-state index is 12.7. The van der Waals surface area contributed by atoms with Gasteiger partial charge in [0.15, 0.2) is 6.61 Å². The van der Waals surface area contributed by atoms with Crippen LogP contribution in [-0.2, 0) is 23.9 Å². The van der Waals surface area contributed by atoms with Crippen LogP contribution in [-0.4, -0.2) is 41.2 Å². The molecule has 7 nitrogen and oxygen atoms in total. The van der Waals surface area contributed by atoms with E-state index in [0.29, 0.717) is 10.7 Å². The molecule has 1 heterocycles. The van der Waals surface area contributed by atoms with Crippen molar-refractivity contribution in [2.24, 2.45) is 23.7 Å². The third-order valence-electron chi connectivity index (χ3n) is 5.71. The lowest BCUT2D eigenvalue weighted by molar-refractivity contribution is -0.159. The molecule has 8 heteroatoms.